The highest BCUT2D eigenvalue weighted by Crippen LogP contribution is 2.28. The van der Waals surface area contributed by atoms with E-state index in [-0.39, 0.29) is 5.56 Å². The fraction of sp³-hybridized carbons (Fsp3) is 0.0400. The van der Waals surface area contributed by atoms with Crippen molar-refractivity contribution in [3.63, 3.8) is 0 Å². The van der Waals surface area contributed by atoms with E-state index < -0.39 is 0 Å². The molecule has 3 nitrogen and oxygen atoms in total. The zero-order chi connectivity index (χ0) is 19.8. The van der Waals surface area contributed by atoms with Crippen LogP contribution in [0.2, 0.25) is 0 Å². The normalized spacial score (nSPS) is 11.2. The molecule has 0 fully saturated rings. The number of hydrogen-bond donors (Lipinski definition) is 0. The molecular formula is C25H18N2OS. The molecule has 2 aromatic heterocycles. The smallest absolute Gasteiger partial charge is 0.263 e. The van der Waals surface area contributed by atoms with Crippen molar-refractivity contribution in [3.05, 3.63) is 101 Å². The minimum atomic E-state index is -0.0305. The topological polar surface area (TPSA) is 34.9 Å². The molecule has 0 aliphatic carbocycles. The predicted molar refractivity (Wildman–Crippen MR) is 122 cm³/mol. The highest BCUT2D eigenvalue weighted by atomic mass is 32.2. The summed E-state index contributed by atoms with van der Waals surface area (Å²) in [7, 11) is 0. The summed E-state index contributed by atoms with van der Waals surface area (Å²) < 4.78 is 1.78. The second kappa shape index (κ2) is 7.22. The number of benzene rings is 3. The van der Waals surface area contributed by atoms with Crippen LogP contribution in [0.5, 0.6) is 0 Å². The lowest BCUT2D eigenvalue weighted by Crippen LogP contribution is -2.19. The summed E-state index contributed by atoms with van der Waals surface area (Å²) in [5.74, 6) is 0. The van der Waals surface area contributed by atoms with E-state index in [4.69, 9.17) is 0 Å². The molecule has 0 amide bonds. The van der Waals surface area contributed by atoms with Crippen LogP contribution in [0.3, 0.4) is 0 Å². The molecule has 5 aromatic rings. The van der Waals surface area contributed by atoms with E-state index in [1.807, 2.05) is 67.0 Å². The quantitative estimate of drug-likeness (QED) is 0.281. The SMILES string of the molecule is CSc1cc2c3ccccc3c(=O)n(-c3cccc(-c4ccccc4)c3)c2cn1. The minimum Gasteiger partial charge on any atom is -0.275 e. The first kappa shape index (κ1) is 17.7. The van der Waals surface area contributed by atoms with Crippen LogP contribution < -0.4 is 5.56 Å². The Labute approximate surface area is 172 Å². The van der Waals surface area contributed by atoms with E-state index in [9.17, 15) is 4.79 Å². The van der Waals surface area contributed by atoms with Crippen LogP contribution in [0.1, 0.15) is 0 Å². The molecule has 4 heteroatoms. The number of rotatable bonds is 3. The summed E-state index contributed by atoms with van der Waals surface area (Å²) in [6, 6.07) is 28.2. The lowest BCUT2D eigenvalue weighted by molar-refractivity contribution is 1.04. The van der Waals surface area contributed by atoms with Gasteiger partial charge in [-0.2, -0.15) is 0 Å². The Bertz CT molecular complexity index is 1410. The van der Waals surface area contributed by atoms with E-state index in [0.29, 0.717) is 5.39 Å². The summed E-state index contributed by atoms with van der Waals surface area (Å²) >= 11 is 1.60. The van der Waals surface area contributed by atoms with E-state index in [1.54, 1.807) is 16.3 Å². The van der Waals surface area contributed by atoms with Crippen molar-refractivity contribution in [3.8, 4) is 16.8 Å². The third-order valence-electron chi connectivity index (χ3n) is 5.17. The van der Waals surface area contributed by atoms with Gasteiger partial charge in [0.05, 0.1) is 16.7 Å². The van der Waals surface area contributed by atoms with Crippen LogP contribution in [0.4, 0.5) is 0 Å². The predicted octanol–water partition coefficient (Wildman–Crippen LogP) is 5.93. The zero-order valence-corrected chi connectivity index (χ0v) is 16.7. The number of thioether (sulfide) groups is 1. The van der Waals surface area contributed by atoms with Crippen LogP contribution >= 0.6 is 11.8 Å². The molecular weight excluding hydrogens is 376 g/mol. The third-order valence-corrected chi connectivity index (χ3v) is 5.81. The summed E-state index contributed by atoms with van der Waals surface area (Å²) in [6.07, 6.45) is 3.82. The molecule has 0 atom stereocenters. The highest BCUT2D eigenvalue weighted by Gasteiger charge is 2.13. The Hall–Kier alpha value is -3.37. The summed E-state index contributed by atoms with van der Waals surface area (Å²) in [4.78, 5) is 18.0. The molecule has 0 saturated carbocycles. The van der Waals surface area contributed by atoms with Gasteiger partial charge < -0.3 is 0 Å². The first-order chi connectivity index (χ1) is 14.3. The van der Waals surface area contributed by atoms with E-state index >= 15 is 0 Å². The van der Waals surface area contributed by atoms with Crippen molar-refractivity contribution in [2.45, 2.75) is 5.03 Å². The Morgan fingerprint density at radius 1 is 0.759 bits per heavy atom. The first-order valence-electron chi connectivity index (χ1n) is 9.39. The Kier molecular flexibility index (Phi) is 4.41. The largest absolute Gasteiger partial charge is 0.275 e. The molecule has 0 saturated heterocycles. The molecule has 2 heterocycles. The third kappa shape index (κ3) is 3.02. The molecule has 0 radical (unpaired) electrons. The highest BCUT2D eigenvalue weighted by molar-refractivity contribution is 7.98. The number of fused-ring (bicyclic) bond motifs is 3. The van der Waals surface area contributed by atoms with Gasteiger partial charge in [0, 0.05) is 16.5 Å². The number of aromatic nitrogens is 2. The van der Waals surface area contributed by atoms with Gasteiger partial charge in [0.1, 0.15) is 0 Å². The monoisotopic (exact) mass is 394 g/mol. The lowest BCUT2D eigenvalue weighted by atomic mass is 10.0. The second-order valence-electron chi connectivity index (χ2n) is 6.85. The van der Waals surface area contributed by atoms with Crippen molar-refractivity contribution in [1.29, 1.82) is 0 Å². The van der Waals surface area contributed by atoms with E-state index in [2.05, 4.69) is 35.3 Å². The van der Waals surface area contributed by atoms with Crippen molar-refractivity contribution in [2.24, 2.45) is 0 Å². The molecule has 5 rings (SSSR count). The number of nitrogens with zero attached hydrogens (tertiary/aromatic N) is 2. The average molecular weight is 394 g/mol. The van der Waals surface area contributed by atoms with E-state index in [1.165, 1.54) is 0 Å². The van der Waals surface area contributed by atoms with Crippen molar-refractivity contribution in [1.82, 2.24) is 9.55 Å². The molecule has 3 aromatic carbocycles. The molecule has 0 bridgehead atoms. The maximum atomic E-state index is 13.5. The molecule has 140 valence electrons. The van der Waals surface area contributed by atoms with Crippen LogP contribution in [0.15, 0.2) is 101 Å². The van der Waals surface area contributed by atoms with Gasteiger partial charge in [-0.05, 0) is 47.0 Å². The molecule has 0 aliphatic heterocycles. The zero-order valence-electron chi connectivity index (χ0n) is 15.9. The van der Waals surface area contributed by atoms with Gasteiger partial charge >= 0.3 is 0 Å². The number of hydrogen-bond acceptors (Lipinski definition) is 3. The Balaban J connectivity index is 1.85. The maximum Gasteiger partial charge on any atom is 0.263 e. The molecule has 29 heavy (non-hydrogen) atoms. The fourth-order valence-corrected chi connectivity index (χ4v) is 4.17. The second-order valence-corrected chi connectivity index (χ2v) is 7.67. The lowest BCUT2D eigenvalue weighted by Gasteiger charge is -2.14. The van der Waals surface area contributed by atoms with Gasteiger partial charge in [0.2, 0.25) is 0 Å². The summed E-state index contributed by atoms with van der Waals surface area (Å²) in [5, 5.41) is 3.64. The van der Waals surface area contributed by atoms with Crippen LogP contribution in [0, 0.1) is 0 Å². The molecule has 0 aliphatic rings. The first-order valence-corrected chi connectivity index (χ1v) is 10.6. The molecule has 0 unspecified atom stereocenters. The van der Waals surface area contributed by atoms with Gasteiger partial charge in [-0.1, -0.05) is 60.7 Å². The average Bonchev–Trinajstić information content (AvgIpc) is 2.80. The molecule has 0 spiro atoms. The summed E-state index contributed by atoms with van der Waals surface area (Å²) in [6.45, 7) is 0. The van der Waals surface area contributed by atoms with Crippen LogP contribution in [0.25, 0.3) is 38.5 Å². The maximum absolute atomic E-state index is 13.5. The Morgan fingerprint density at radius 3 is 2.28 bits per heavy atom. The van der Waals surface area contributed by atoms with Gasteiger partial charge in [-0.25, -0.2) is 4.98 Å². The van der Waals surface area contributed by atoms with Gasteiger partial charge in [-0.15, -0.1) is 11.8 Å². The van der Waals surface area contributed by atoms with Crippen LogP contribution in [-0.2, 0) is 0 Å². The molecule has 0 N–H and O–H groups in total. The number of pyridine rings is 2. The minimum absolute atomic E-state index is 0.0305. The fourth-order valence-electron chi connectivity index (χ4n) is 3.78. The van der Waals surface area contributed by atoms with Crippen molar-refractivity contribution in [2.75, 3.05) is 6.26 Å². The van der Waals surface area contributed by atoms with Crippen LogP contribution in [-0.4, -0.2) is 15.8 Å². The van der Waals surface area contributed by atoms with Crippen molar-refractivity contribution >= 4 is 33.4 Å². The Morgan fingerprint density at radius 2 is 1.48 bits per heavy atom. The van der Waals surface area contributed by atoms with Gasteiger partial charge in [0.25, 0.3) is 5.56 Å². The van der Waals surface area contributed by atoms with Gasteiger partial charge in [0.15, 0.2) is 0 Å². The standard InChI is InChI=1S/C25H18N2OS/c1-29-24-15-22-20-12-5-6-13-21(20)25(28)27(23(22)16-26-24)19-11-7-10-18(14-19)17-8-3-2-4-9-17/h2-16H,1H3. The van der Waals surface area contributed by atoms with Crippen molar-refractivity contribution < 1.29 is 0 Å². The van der Waals surface area contributed by atoms with E-state index in [0.717, 1.165) is 38.1 Å². The summed E-state index contributed by atoms with van der Waals surface area (Å²) in [5.41, 5.74) is 3.82. The van der Waals surface area contributed by atoms with Gasteiger partial charge in [-0.3, -0.25) is 9.36 Å².